The second kappa shape index (κ2) is 5.20. The van der Waals surface area contributed by atoms with E-state index in [0.717, 1.165) is 25.9 Å². The zero-order chi connectivity index (χ0) is 12.6. The van der Waals surface area contributed by atoms with Crippen LogP contribution in [0.3, 0.4) is 0 Å². The van der Waals surface area contributed by atoms with Gasteiger partial charge >= 0.3 is 0 Å². The number of carbonyl (C=O) groups excluding carboxylic acids is 1. The van der Waals surface area contributed by atoms with Gasteiger partial charge in [0.2, 0.25) is 0 Å². The maximum Gasteiger partial charge on any atom is 0.170 e. The molecule has 1 aromatic rings. The fourth-order valence-corrected chi connectivity index (χ4v) is 2.72. The van der Waals surface area contributed by atoms with Gasteiger partial charge in [-0.25, -0.2) is 0 Å². The first kappa shape index (κ1) is 13.9. The molecule has 3 rings (SSSR count). The average molecular weight is 279 g/mol. The molecule has 100 valence electrons. The van der Waals surface area contributed by atoms with Crippen molar-refractivity contribution in [1.82, 2.24) is 5.32 Å². The zero-order valence-corrected chi connectivity index (χ0v) is 11.3. The van der Waals surface area contributed by atoms with Crippen LogP contribution in [0.4, 0.5) is 0 Å². The van der Waals surface area contributed by atoms with Gasteiger partial charge in [0.1, 0.15) is 11.4 Å². The van der Waals surface area contributed by atoms with Gasteiger partial charge < -0.3 is 10.1 Å². The van der Waals surface area contributed by atoms with E-state index < -0.39 is 0 Å². The summed E-state index contributed by atoms with van der Waals surface area (Å²) >= 11 is 0. The molecule has 0 saturated carbocycles. The number of piperidine rings is 1. The van der Waals surface area contributed by atoms with Crippen LogP contribution in [0, 0.1) is 11.3 Å². The third-order valence-corrected chi connectivity index (χ3v) is 3.73. The Morgan fingerprint density at radius 1 is 1.32 bits per heavy atom. The average Bonchev–Trinajstić information content (AvgIpc) is 2.39. The molecular formula is C14H15ClN2O2. The number of halogens is 1. The predicted octanol–water partition coefficient (Wildman–Crippen LogP) is 2.07. The van der Waals surface area contributed by atoms with E-state index in [1.54, 1.807) is 18.2 Å². The largest absolute Gasteiger partial charge is 0.486 e. The number of nitriles is 1. The van der Waals surface area contributed by atoms with E-state index in [2.05, 4.69) is 11.4 Å². The first-order valence-corrected chi connectivity index (χ1v) is 6.20. The SMILES string of the molecule is Cl.N#Cc1ccc2c(c1)C(=O)CC1(CCNCC1)O2. The third-order valence-electron chi connectivity index (χ3n) is 3.73. The van der Waals surface area contributed by atoms with Crippen molar-refractivity contribution < 1.29 is 9.53 Å². The number of ether oxygens (including phenoxy) is 1. The minimum atomic E-state index is -0.330. The van der Waals surface area contributed by atoms with Gasteiger partial charge in [-0.05, 0) is 31.3 Å². The fourth-order valence-electron chi connectivity index (χ4n) is 2.72. The molecule has 0 bridgehead atoms. The van der Waals surface area contributed by atoms with Crippen molar-refractivity contribution in [1.29, 1.82) is 5.26 Å². The number of Topliss-reactive ketones (excluding diaryl/α,β-unsaturated/α-hetero) is 1. The van der Waals surface area contributed by atoms with Gasteiger partial charge in [0, 0.05) is 12.8 Å². The van der Waals surface area contributed by atoms with E-state index in [1.165, 1.54) is 0 Å². The third kappa shape index (κ3) is 2.44. The summed E-state index contributed by atoms with van der Waals surface area (Å²) in [5, 5.41) is 12.1. The lowest BCUT2D eigenvalue weighted by molar-refractivity contribution is 0.0187. The summed E-state index contributed by atoms with van der Waals surface area (Å²) in [4.78, 5) is 12.2. The van der Waals surface area contributed by atoms with Gasteiger partial charge in [0.05, 0.1) is 23.6 Å². The quantitative estimate of drug-likeness (QED) is 0.789. The van der Waals surface area contributed by atoms with Crippen molar-refractivity contribution in [2.24, 2.45) is 0 Å². The molecule has 0 aromatic heterocycles. The minimum absolute atomic E-state index is 0. The highest BCUT2D eigenvalue weighted by atomic mass is 35.5. The number of rotatable bonds is 0. The standard InChI is InChI=1S/C14H14N2O2.ClH/c15-9-10-1-2-13-11(7-10)12(17)8-14(18-13)3-5-16-6-4-14;/h1-2,7,16H,3-6,8H2;1H. The second-order valence-electron chi connectivity index (χ2n) is 4.96. The molecule has 0 amide bonds. The van der Waals surface area contributed by atoms with Crippen LogP contribution in [0.1, 0.15) is 35.2 Å². The van der Waals surface area contributed by atoms with Crippen molar-refractivity contribution in [2.45, 2.75) is 24.9 Å². The van der Waals surface area contributed by atoms with Crippen LogP contribution in [0.2, 0.25) is 0 Å². The highest BCUT2D eigenvalue weighted by molar-refractivity contribution is 6.00. The Labute approximate surface area is 118 Å². The summed E-state index contributed by atoms with van der Waals surface area (Å²) in [6.07, 6.45) is 2.15. The Kier molecular flexibility index (Phi) is 3.79. The Hall–Kier alpha value is -1.57. The lowest BCUT2D eigenvalue weighted by atomic mass is 9.83. The molecular weight excluding hydrogens is 264 g/mol. The highest BCUT2D eigenvalue weighted by Gasteiger charge is 2.41. The number of nitrogens with one attached hydrogen (secondary N) is 1. The number of hydrogen-bond acceptors (Lipinski definition) is 4. The molecule has 1 spiro atoms. The van der Waals surface area contributed by atoms with Crippen molar-refractivity contribution in [3.8, 4) is 11.8 Å². The Bertz CT molecular complexity index is 545. The Balaban J connectivity index is 0.00000133. The maximum absolute atomic E-state index is 12.2. The molecule has 2 heterocycles. The van der Waals surface area contributed by atoms with Crippen LogP contribution in [-0.2, 0) is 0 Å². The first-order chi connectivity index (χ1) is 8.72. The molecule has 0 aliphatic carbocycles. The highest BCUT2D eigenvalue weighted by Crippen LogP contribution is 2.38. The molecule has 0 unspecified atom stereocenters. The molecule has 19 heavy (non-hydrogen) atoms. The van der Waals surface area contributed by atoms with E-state index in [4.69, 9.17) is 10.00 Å². The second-order valence-corrected chi connectivity index (χ2v) is 4.96. The van der Waals surface area contributed by atoms with Gasteiger partial charge in [0.15, 0.2) is 5.78 Å². The molecule has 1 saturated heterocycles. The normalized spacial score (nSPS) is 19.8. The molecule has 4 nitrogen and oxygen atoms in total. The number of nitrogens with zero attached hydrogens (tertiary/aromatic N) is 1. The topological polar surface area (TPSA) is 62.1 Å². The van der Waals surface area contributed by atoms with Gasteiger partial charge in [-0.3, -0.25) is 4.79 Å². The van der Waals surface area contributed by atoms with E-state index >= 15 is 0 Å². The van der Waals surface area contributed by atoms with Gasteiger partial charge in [0.25, 0.3) is 0 Å². The lowest BCUT2D eigenvalue weighted by Crippen LogP contribution is -2.49. The van der Waals surface area contributed by atoms with Gasteiger partial charge in [-0.1, -0.05) is 0 Å². The Morgan fingerprint density at radius 3 is 2.74 bits per heavy atom. The lowest BCUT2D eigenvalue weighted by Gasteiger charge is -2.40. The maximum atomic E-state index is 12.2. The number of ketones is 1. The fraction of sp³-hybridized carbons (Fsp3) is 0.429. The van der Waals surface area contributed by atoms with Crippen LogP contribution in [0.15, 0.2) is 18.2 Å². The number of hydrogen-bond donors (Lipinski definition) is 1. The minimum Gasteiger partial charge on any atom is -0.486 e. The van der Waals surface area contributed by atoms with E-state index in [9.17, 15) is 4.79 Å². The zero-order valence-electron chi connectivity index (χ0n) is 10.4. The van der Waals surface area contributed by atoms with Crippen LogP contribution in [0.25, 0.3) is 0 Å². The summed E-state index contributed by atoms with van der Waals surface area (Å²) in [5.41, 5.74) is 0.730. The van der Waals surface area contributed by atoms with Gasteiger partial charge in [-0.15, -0.1) is 12.4 Å². The summed E-state index contributed by atoms with van der Waals surface area (Å²) in [6.45, 7) is 1.78. The van der Waals surface area contributed by atoms with E-state index in [1.807, 2.05) is 0 Å². The molecule has 5 heteroatoms. The van der Waals surface area contributed by atoms with Crippen molar-refractivity contribution >= 4 is 18.2 Å². The molecule has 2 aliphatic heterocycles. The smallest absolute Gasteiger partial charge is 0.170 e. The molecule has 1 fully saturated rings. The summed E-state index contributed by atoms with van der Waals surface area (Å²) in [6, 6.07) is 7.13. The van der Waals surface area contributed by atoms with Gasteiger partial charge in [-0.2, -0.15) is 5.26 Å². The number of benzene rings is 1. The van der Waals surface area contributed by atoms with Crippen molar-refractivity contribution in [3.63, 3.8) is 0 Å². The van der Waals surface area contributed by atoms with Crippen molar-refractivity contribution in [2.75, 3.05) is 13.1 Å². The molecule has 1 aromatic carbocycles. The molecule has 1 N–H and O–H groups in total. The van der Waals surface area contributed by atoms with Crippen LogP contribution in [-0.4, -0.2) is 24.5 Å². The molecule has 0 radical (unpaired) electrons. The summed E-state index contributed by atoms with van der Waals surface area (Å²) in [5.74, 6) is 0.724. The first-order valence-electron chi connectivity index (χ1n) is 6.20. The Morgan fingerprint density at radius 2 is 2.05 bits per heavy atom. The van der Waals surface area contributed by atoms with Crippen LogP contribution < -0.4 is 10.1 Å². The molecule has 2 aliphatic rings. The number of fused-ring (bicyclic) bond motifs is 1. The van der Waals surface area contributed by atoms with E-state index in [-0.39, 0.29) is 23.8 Å². The van der Waals surface area contributed by atoms with E-state index in [0.29, 0.717) is 23.3 Å². The van der Waals surface area contributed by atoms with Crippen molar-refractivity contribution in [3.05, 3.63) is 29.3 Å². The predicted molar refractivity (Wildman–Crippen MR) is 72.8 cm³/mol. The summed E-state index contributed by atoms with van der Waals surface area (Å²) in [7, 11) is 0. The summed E-state index contributed by atoms with van der Waals surface area (Å²) < 4.78 is 6.06. The molecule has 0 atom stereocenters. The van der Waals surface area contributed by atoms with Crippen LogP contribution in [0.5, 0.6) is 5.75 Å². The number of carbonyl (C=O) groups is 1. The monoisotopic (exact) mass is 278 g/mol. The van der Waals surface area contributed by atoms with Crippen LogP contribution >= 0.6 is 12.4 Å².